The summed E-state index contributed by atoms with van der Waals surface area (Å²) in [5, 5.41) is 2.74. The van der Waals surface area contributed by atoms with Gasteiger partial charge in [-0.15, -0.1) is 0 Å². The number of benzene rings is 1. The third kappa shape index (κ3) is 1.59. The van der Waals surface area contributed by atoms with Crippen LogP contribution in [0.25, 0.3) is 0 Å². The van der Waals surface area contributed by atoms with Gasteiger partial charge in [0.05, 0.1) is 20.3 Å². The standard InChI is InChI=1S/C11H14N2O3/c1-15-7-4-3-6(5-8(7)16-2)10-9(12)11(14)13-10/h3-5,9-10H,12H2,1-2H3,(H,13,14). The number of methoxy groups -OCH3 is 2. The lowest BCUT2D eigenvalue weighted by Gasteiger charge is -2.34. The van der Waals surface area contributed by atoms with Crippen molar-refractivity contribution in [3.05, 3.63) is 23.8 Å². The van der Waals surface area contributed by atoms with Crippen molar-refractivity contribution in [1.29, 1.82) is 0 Å². The van der Waals surface area contributed by atoms with E-state index in [1.165, 1.54) is 0 Å². The van der Waals surface area contributed by atoms with Crippen molar-refractivity contribution in [2.24, 2.45) is 5.73 Å². The largest absolute Gasteiger partial charge is 0.493 e. The van der Waals surface area contributed by atoms with Crippen LogP contribution in [-0.2, 0) is 4.79 Å². The molecule has 1 aliphatic rings. The minimum atomic E-state index is -0.474. The van der Waals surface area contributed by atoms with Crippen molar-refractivity contribution in [3.63, 3.8) is 0 Å². The van der Waals surface area contributed by atoms with E-state index in [-0.39, 0.29) is 11.9 Å². The monoisotopic (exact) mass is 222 g/mol. The Morgan fingerprint density at radius 2 is 1.94 bits per heavy atom. The van der Waals surface area contributed by atoms with Gasteiger partial charge in [-0.3, -0.25) is 4.79 Å². The smallest absolute Gasteiger partial charge is 0.239 e. The number of carbonyl (C=O) groups excluding carboxylic acids is 1. The molecular weight excluding hydrogens is 208 g/mol. The molecule has 5 heteroatoms. The zero-order chi connectivity index (χ0) is 11.7. The van der Waals surface area contributed by atoms with Crippen LogP contribution in [0.4, 0.5) is 0 Å². The third-order valence-electron chi connectivity index (χ3n) is 2.73. The van der Waals surface area contributed by atoms with Gasteiger partial charge in [-0.25, -0.2) is 0 Å². The molecule has 2 unspecified atom stereocenters. The number of hydrogen-bond donors (Lipinski definition) is 2. The summed E-state index contributed by atoms with van der Waals surface area (Å²) >= 11 is 0. The van der Waals surface area contributed by atoms with Gasteiger partial charge in [0.25, 0.3) is 0 Å². The van der Waals surface area contributed by atoms with Crippen molar-refractivity contribution in [1.82, 2.24) is 5.32 Å². The minimum Gasteiger partial charge on any atom is -0.493 e. The lowest BCUT2D eigenvalue weighted by Crippen LogP contribution is -2.60. The van der Waals surface area contributed by atoms with E-state index < -0.39 is 6.04 Å². The molecule has 2 atom stereocenters. The predicted octanol–water partition coefficient (Wildman–Crippen LogP) is 0.202. The first-order valence-corrected chi connectivity index (χ1v) is 4.95. The van der Waals surface area contributed by atoms with Gasteiger partial charge in [0.1, 0.15) is 6.04 Å². The molecule has 0 saturated carbocycles. The van der Waals surface area contributed by atoms with Crippen molar-refractivity contribution in [2.75, 3.05) is 14.2 Å². The third-order valence-corrected chi connectivity index (χ3v) is 2.73. The van der Waals surface area contributed by atoms with Crippen molar-refractivity contribution < 1.29 is 14.3 Å². The molecule has 3 N–H and O–H groups in total. The van der Waals surface area contributed by atoms with Gasteiger partial charge in [0.2, 0.25) is 5.91 Å². The molecule has 0 radical (unpaired) electrons. The van der Waals surface area contributed by atoms with Crippen LogP contribution in [0.15, 0.2) is 18.2 Å². The maximum Gasteiger partial charge on any atom is 0.239 e. The fourth-order valence-electron chi connectivity index (χ4n) is 1.73. The van der Waals surface area contributed by atoms with E-state index in [2.05, 4.69) is 5.32 Å². The van der Waals surface area contributed by atoms with Gasteiger partial charge < -0.3 is 20.5 Å². The Morgan fingerprint density at radius 1 is 1.25 bits per heavy atom. The molecule has 1 fully saturated rings. The zero-order valence-corrected chi connectivity index (χ0v) is 9.19. The first kappa shape index (κ1) is 10.8. The Labute approximate surface area is 93.5 Å². The van der Waals surface area contributed by atoms with Crippen LogP contribution >= 0.6 is 0 Å². The first-order chi connectivity index (χ1) is 7.67. The van der Waals surface area contributed by atoms with Crippen LogP contribution in [0.3, 0.4) is 0 Å². The molecule has 1 amide bonds. The number of amides is 1. The Morgan fingerprint density at radius 3 is 2.44 bits per heavy atom. The molecular formula is C11H14N2O3. The van der Waals surface area contributed by atoms with Gasteiger partial charge in [-0.2, -0.15) is 0 Å². The summed E-state index contributed by atoms with van der Waals surface area (Å²) < 4.78 is 10.3. The Balaban J connectivity index is 2.26. The van der Waals surface area contributed by atoms with Crippen molar-refractivity contribution in [2.45, 2.75) is 12.1 Å². The number of ether oxygens (including phenoxy) is 2. The van der Waals surface area contributed by atoms with Gasteiger partial charge >= 0.3 is 0 Å². The molecule has 1 aliphatic heterocycles. The molecule has 86 valence electrons. The number of hydrogen-bond acceptors (Lipinski definition) is 4. The van der Waals surface area contributed by atoms with E-state index in [1.54, 1.807) is 20.3 Å². The molecule has 1 saturated heterocycles. The molecule has 1 aromatic rings. The highest BCUT2D eigenvalue weighted by Crippen LogP contribution is 2.32. The average Bonchev–Trinajstić information content (AvgIpc) is 2.34. The van der Waals surface area contributed by atoms with Crippen molar-refractivity contribution in [3.8, 4) is 11.5 Å². The summed E-state index contributed by atoms with van der Waals surface area (Å²) in [7, 11) is 3.15. The van der Waals surface area contributed by atoms with Crippen LogP contribution in [0, 0.1) is 0 Å². The van der Waals surface area contributed by atoms with E-state index >= 15 is 0 Å². The van der Waals surface area contributed by atoms with Gasteiger partial charge in [-0.1, -0.05) is 6.07 Å². The second-order valence-corrected chi connectivity index (χ2v) is 3.63. The molecule has 1 aromatic carbocycles. The fraction of sp³-hybridized carbons (Fsp3) is 0.364. The highest BCUT2D eigenvalue weighted by molar-refractivity contribution is 5.89. The summed E-state index contributed by atoms with van der Waals surface area (Å²) in [6.45, 7) is 0. The van der Waals surface area contributed by atoms with Crippen LogP contribution in [0.2, 0.25) is 0 Å². The molecule has 0 aromatic heterocycles. The van der Waals surface area contributed by atoms with Gasteiger partial charge in [-0.05, 0) is 17.7 Å². The molecule has 1 heterocycles. The average molecular weight is 222 g/mol. The highest BCUT2D eigenvalue weighted by Gasteiger charge is 2.37. The SMILES string of the molecule is COc1ccc(C2NC(=O)C2N)cc1OC. The number of β-lactam (4-membered cyclic amide) rings is 1. The lowest BCUT2D eigenvalue weighted by atomic mass is 9.92. The van der Waals surface area contributed by atoms with E-state index in [9.17, 15) is 4.79 Å². The van der Waals surface area contributed by atoms with E-state index in [1.807, 2.05) is 12.1 Å². The quantitative estimate of drug-likeness (QED) is 0.717. The molecule has 16 heavy (non-hydrogen) atoms. The summed E-state index contributed by atoms with van der Waals surface area (Å²) in [5.74, 6) is 1.17. The van der Waals surface area contributed by atoms with Crippen LogP contribution in [0.1, 0.15) is 11.6 Å². The maximum absolute atomic E-state index is 11.0. The minimum absolute atomic E-state index is 0.125. The number of carbonyl (C=O) groups is 1. The van der Waals surface area contributed by atoms with Crippen LogP contribution < -0.4 is 20.5 Å². The van der Waals surface area contributed by atoms with Gasteiger partial charge in [0.15, 0.2) is 11.5 Å². The topological polar surface area (TPSA) is 73.6 Å². The summed E-state index contributed by atoms with van der Waals surface area (Å²) in [6.07, 6.45) is 0. The first-order valence-electron chi connectivity index (χ1n) is 4.95. The van der Waals surface area contributed by atoms with E-state index in [0.29, 0.717) is 11.5 Å². The van der Waals surface area contributed by atoms with Gasteiger partial charge in [0, 0.05) is 0 Å². The zero-order valence-electron chi connectivity index (χ0n) is 9.19. The second-order valence-electron chi connectivity index (χ2n) is 3.63. The molecule has 0 spiro atoms. The number of nitrogens with two attached hydrogens (primary N) is 1. The molecule has 5 nitrogen and oxygen atoms in total. The Bertz CT molecular complexity index is 420. The predicted molar refractivity (Wildman–Crippen MR) is 58.4 cm³/mol. The molecule has 0 aliphatic carbocycles. The number of nitrogens with one attached hydrogen (secondary N) is 1. The summed E-state index contributed by atoms with van der Waals surface area (Å²) in [6, 6.07) is 4.88. The molecule has 2 rings (SSSR count). The lowest BCUT2D eigenvalue weighted by molar-refractivity contribution is -0.130. The van der Waals surface area contributed by atoms with Crippen LogP contribution in [0.5, 0.6) is 11.5 Å². The molecule has 0 bridgehead atoms. The highest BCUT2D eigenvalue weighted by atomic mass is 16.5. The number of rotatable bonds is 3. The Hall–Kier alpha value is -1.75. The van der Waals surface area contributed by atoms with E-state index in [4.69, 9.17) is 15.2 Å². The van der Waals surface area contributed by atoms with Crippen molar-refractivity contribution >= 4 is 5.91 Å². The normalized spacial score (nSPS) is 23.3. The summed E-state index contributed by atoms with van der Waals surface area (Å²) in [4.78, 5) is 11.0. The Kier molecular flexibility index (Phi) is 2.70. The fourth-order valence-corrected chi connectivity index (χ4v) is 1.73. The van der Waals surface area contributed by atoms with E-state index in [0.717, 1.165) is 5.56 Å². The maximum atomic E-state index is 11.0. The van der Waals surface area contributed by atoms with Crippen LogP contribution in [-0.4, -0.2) is 26.2 Å². The summed E-state index contributed by atoms with van der Waals surface area (Å²) in [5.41, 5.74) is 6.60. The second kappa shape index (κ2) is 4.02.